The first-order chi connectivity index (χ1) is 24.6. The van der Waals surface area contributed by atoms with Gasteiger partial charge >= 0.3 is 0 Å². The highest BCUT2D eigenvalue weighted by atomic mass is 79.9. The van der Waals surface area contributed by atoms with Crippen LogP contribution in [-0.2, 0) is 24.6 Å². The Morgan fingerprint density at radius 1 is 0.843 bits per heavy atom. The van der Waals surface area contributed by atoms with E-state index in [1.54, 1.807) is 36.4 Å². The van der Waals surface area contributed by atoms with Crippen molar-refractivity contribution in [1.29, 1.82) is 0 Å². The summed E-state index contributed by atoms with van der Waals surface area (Å²) in [5, 5.41) is 13.0. The van der Waals surface area contributed by atoms with E-state index >= 15 is 4.79 Å². The molecule has 0 bridgehead atoms. The molecule has 6 unspecified atom stereocenters. The molecule has 6 atom stereocenters. The summed E-state index contributed by atoms with van der Waals surface area (Å²) in [4.78, 5) is 59.9. The summed E-state index contributed by atoms with van der Waals surface area (Å²) in [7, 11) is 1.45. The number of carbonyl (C=O) groups excluding carboxylic acids is 4. The van der Waals surface area contributed by atoms with Crippen LogP contribution in [0.25, 0.3) is 0 Å². The highest BCUT2D eigenvalue weighted by Crippen LogP contribution is 2.65. The van der Waals surface area contributed by atoms with Gasteiger partial charge in [0.25, 0.3) is 11.8 Å². The Kier molecular flexibility index (Phi) is 8.18. The first kappa shape index (κ1) is 33.4. The number of ether oxygens (including phenoxy) is 1. The van der Waals surface area contributed by atoms with Crippen molar-refractivity contribution in [3.05, 3.63) is 128 Å². The van der Waals surface area contributed by atoms with Crippen LogP contribution in [0.5, 0.6) is 11.5 Å². The van der Waals surface area contributed by atoms with Crippen LogP contribution in [0, 0.1) is 30.6 Å². The van der Waals surface area contributed by atoms with Crippen LogP contribution >= 0.6 is 31.9 Å². The Labute approximate surface area is 311 Å². The van der Waals surface area contributed by atoms with Gasteiger partial charge in [0.05, 0.1) is 41.7 Å². The van der Waals surface area contributed by atoms with Crippen LogP contribution in [0.4, 0.5) is 11.4 Å². The molecule has 4 aromatic rings. The maximum atomic E-state index is 15.3. The Bertz CT molecular complexity index is 2140. The Balaban J connectivity index is 1.35. The van der Waals surface area contributed by atoms with Crippen molar-refractivity contribution in [2.75, 3.05) is 17.4 Å². The minimum absolute atomic E-state index is 0.147. The number of fused-ring (bicyclic) bond motifs is 4. The van der Waals surface area contributed by atoms with E-state index in [-0.39, 0.29) is 36.2 Å². The summed E-state index contributed by atoms with van der Waals surface area (Å²) in [5.74, 6) is -5.36. The van der Waals surface area contributed by atoms with Gasteiger partial charge in [0.15, 0.2) is 11.5 Å². The molecular weight excluding hydrogens is 778 g/mol. The molecule has 9 nitrogen and oxygen atoms in total. The number of nitrogens with zero attached hydrogens (tertiary/aromatic N) is 2. The molecule has 2 saturated heterocycles. The maximum Gasteiger partial charge on any atom is 0.260 e. The lowest BCUT2D eigenvalue weighted by Gasteiger charge is -2.50. The molecule has 2 N–H and O–H groups in total. The van der Waals surface area contributed by atoms with E-state index in [4.69, 9.17) is 4.74 Å². The molecule has 8 rings (SSSR count). The number of hydrogen-bond acceptors (Lipinski definition) is 7. The summed E-state index contributed by atoms with van der Waals surface area (Å²) in [6.45, 7) is 1.95. The zero-order chi connectivity index (χ0) is 35.8. The molecule has 1 saturated carbocycles. The van der Waals surface area contributed by atoms with Gasteiger partial charge in [-0.15, -0.1) is 0 Å². The number of benzene rings is 4. The van der Waals surface area contributed by atoms with Gasteiger partial charge in [-0.05, 0) is 79.8 Å². The number of carbonyl (C=O) groups is 4. The first-order valence-corrected chi connectivity index (χ1v) is 18.3. The number of aryl methyl sites for hydroxylation is 1. The van der Waals surface area contributed by atoms with Crippen molar-refractivity contribution in [3.8, 4) is 11.5 Å². The minimum atomic E-state index is -1.52. The molecule has 2 aliphatic carbocycles. The average Bonchev–Trinajstić information content (AvgIpc) is 3.51. The van der Waals surface area contributed by atoms with E-state index in [0.717, 1.165) is 20.6 Å². The minimum Gasteiger partial charge on any atom is -0.504 e. The van der Waals surface area contributed by atoms with E-state index < -0.39 is 46.8 Å². The normalized spacial score (nSPS) is 26.8. The number of hydrogen-bond donors (Lipinski definition) is 2. The second-order valence-electron chi connectivity index (χ2n) is 13.6. The van der Waals surface area contributed by atoms with Crippen LogP contribution in [0.15, 0.2) is 112 Å². The summed E-state index contributed by atoms with van der Waals surface area (Å²) in [5.41, 5.74) is 5.36. The zero-order valence-corrected chi connectivity index (χ0v) is 30.8. The van der Waals surface area contributed by atoms with Gasteiger partial charge in [-0.1, -0.05) is 91.5 Å². The summed E-state index contributed by atoms with van der Waals surface area (Å²) < 4.78 is 7.01. The van der Waals surface area contributed by atoms with Gasteiger partial charge in [-0.25, -0.2) is 0 Å². The largest absolute Gasteiger partial charge is 0.504 e. The molecule has 2 aliphatic heterocycles. The number of phenols is 1. The number of rotatable bonds is 6. The molecule has 51 heavy (non-hydrogen) atoms. The first-order valence-electron chi connectivity index (χ1n) is 16.7. The third kappa shape index (κ3) is 4.99. The molecule has 3 fully saturated rings. The second-order valence-corrected chi connectivity index (χ2v) is 15.5. The fourth-order valence-electron chi connectivity index (χ4n) is 8.91. The fraction of sp³-hybridized carbons (Fsp3) is 0.250. The Hall–Kier alpha value is -4.74. The van der Waals surface area contributed by atoms with E-state index in [1.807, 2.05) is 67.6 Å². The Morgan fingerprint density at radius 2 is 1.55 bits per heavy atom. The lowest BCUT2D eigenvalue weighted by molar-refractivity contribution is -0.138. The topological polar surface area (TPSA) is 116 Å². The molecular formula is C40H33Br2N3O6. The number of imide groups is 2. The molecule has 4 amide bonds. The summed E-state index contributed by atoms with van der Waals surface area (Å²) in [6.07, 6.45) is 2.38. The third-order valence-electron chi connectivity index (χ3n) is 11.1. The van der Waals surface area contributed by atoms with E-state index in [2.05, 4.69) is 37.3 Å². The predicted molar refractivity (Wildman–Crippen MR) is 198 cm³/mol. The third-order valence-corrected chi connectivity index (χ3v) is 12.1. The van der Waals surface area contributed by atoms with Crippen molar-refractivity contribution in [2.24, 2.45) is 23.7 Å². The lowest BCUT2D eigenvalue weighted by Crippen LogP contribution is -2.53. The number of phenolic OH excluding ortho intramolecular Hbond substituents is 1. The number of methoxy groups -OCH3 is 1. The number of amides is 4. The van der Waals surface area contributed by atoms with Crippen molar-refractivity contribution >= 4 is 66.9 Å². The van der Waals surface area contributed by atoms with Crippen molar-refractivity contribution in [3.63, 3.8) is 0 Å². The standard InChI is InChI=1S/C40H33Br2N3O6/c1-21-8-12-25(13-9-21)43-45-37(48)31-20-29-27(16-17-28-33(29)38(49)44(36(28)47)26-14-10-23(41)11-15-26)34(30-18-24(42)19-32(51-2)35(30)46)40(31,39(45)50)22-6-4-3-5-7-22/h3-16,18-19,28-29,31,33-34,43,46H,17,20H2,1-2H3. The molecule has 2 heterocycles. The molecule has 258 valence electrons. The van der Waals surface area contributed by atoms with Crippen LogP contribution < -0.4 is 15.1 Å². The summed E-state index contributed by atoms with van der Waals surface area (Å²) >= 11 is 7.02. The molecule has 4 aromatic carbocycles. The molecule has 4 aliphatic rings. The Morgan fingerprint density at radius 3 is 2.24 bits per heavy atom. The van der Waals surface area contributed by atoms with Crippen molar-refractivity contribution in [2.45, 2.75) is 31.1 Å². The van der Waals surface area contributed by atoms with Crippen molar-refractivity contribution < 1.29 is 29.0 Å². The molecule has 11 heteroatoms. The van der Waals surface area contributed by atoms with Gasteiger partial charge in [-0.2, -0.15) is 5.01 Å². The summed E-state index contributed by atoms with van der Waals surface area (Å²) in [6, 6.07) is 27.0. The lowest BCUT2D eigenvalue weighted by atomic mass is 9.49. The van der Waals surface area contributed by atoms with E-state index in [0.29, 0.717) is 27.0 Å². The van der Waals surface area contributed by atoms with E-state index in [9.17, 15) is 19.5 Å². The number of hydrazine groups is 1. The monoisotopic (exact) mass is 809 g/mol. The highest BCUT2D eigenvalue weighted by molar-refractivity contribution is 9.10. The van der Waals surface area contributed by atoms with Gasteiger partial charge in [0.1, 0.15) is 0 Å². The zero-order valence-electron chi connectivity index (χ0n) is 27.7. The number of halogens is 2. The van der Waals surface area contributed by atoms with Gasteiger partial charge in [0.2, 0.25) is 11.8 Å². The second kappa shape index (κ2) is 12.5. The fourth-order valence-corrected chi connectivity index (χ4v) is 9.63. The number of aromatic hydroxyl groups is 1. The van der Waals surface area contributed by atoms with Crippen LogP contribution in [-0.4, -0.2) is 40.9 Å². The van der Waals surface area contributed by atoms with E-state index in [1.165, 1.54) is 12.0 Å². The predicted octanol–water partition coefficient (Wildman–Crippen LogP) is 7.42. The molecule has 0 aromatic heterocycles. The van der Waals surface area contributed by atoms with Crippen molar-refractivity contribution in [1.82, 2.24) is 5.01 Å². The number of allylic oxidation sites excluding steroid dienone is 2. The number of anilines is 2. The van der Waals surface area contributed by atoms with Crippen LogP contribution in [0.1, 0.15) is 35.4 Å². The van der Waals surface area contributed by atoms with Gasteiger partial charge in [-0.3, -0.25) is 29.5 Å². The quantitative estimate of drug-likeness (QED) is 0.154. The molecule has 0 radical (unpaired) electrons. The highest BCUT2D eigenvalue weighted by Gasteiger charge is 2.70. The number of nitrogens with one attached hydrogen (secondary N) is 1. The van der Waals surface area contributed by atoms with Gasteiger partial charge < -0.3 is 9.84 Å². The van der Waals surface area contributed by atoms with Crippen LogP contribution in [0.3, 0.4) is 0 Å². The molecule has 0 spiro atoms. The van der Waals surface area contributed by atoms with Crippen LogP contribution in [0.2, 0.25) is 0 Å². The average molecular weight is 812 g/mol. The van der Waals surface area contributed by atoms with Gasteiger partial charge in [0, 0.05) is 20.4 Å². The maximum absolute atomic E-state index is 15.3. The smallest absolute Gasteiger partial charge is 0.260 e. The SMILES string of the molecule is COc1cc(Br)cc(C2C3=CCC4C(=O)N(c5ccc(Br)cc5)C(=O)C4C3CC3C(=O)N(Nc4ccc(C)cc4)C(=O)C32c2ccccc2)c1O.